The number of ketones is 1. The fraction of sp³-hybridized carbons (Fsp3) is 0.158. The summed E-state index contributed by atoms with van der Waals surface area (Å²) in [5.41, 5.74) is 2.03. The van der Waals surface area contributed by atoms with Crippen LogP contribution in [0.2, 0.25) is 0 Å². The Labute approximate surface area is 158 Å². The Morgan fingerprint density at radius 3 is 2.50 bits per heavy atom. The van der Waals surface area contributed by atoms with Crippen molar-refractivity contribution >= 4 is 17.4 Å². The summed E-state index contributed by atoms with van der Waals surface area (Å²) in [5.74, 6) is -0.584. The quantitative estimate of drug-likeness (QED) is 0.654. The van der Waals surface area contributed by atoms with E-state index in [2.05, 4.69) is 20.4 Å². The highest BCUT2D eigenvalue weighted by molar-refractivity contribution is 6.04. The number of nitrogens with one attached hydrogen (secondary N) is 1. The highest BCUT2D eigenvalue weighted by Gasteiger charge is 2.18. The molecule has 3 aromatic rings. The summed E-state index contributed by atoms with van der Waals surface area (Å²) in [7, 11) is 0. The monoisotopic (exact) mass is 386 g/mol. The number of ether oxygens (including phenoxy) is 1. The lowest BCUT2D eigenvalue weighted by Crippen LogP contribution is -2.14. The maximum atomic E-state index is 12.5. The summed E-state index contributed by atoms with van der Waals surface area (Å²) in [6, 6.07) is 12.3. The molecule has 0 radical (unpaired) electrons. The van der Waals surface area contributed by atoms with Crippen molar-refractivity contribution < 1.29 is 23.1 Å². The topological polar surface area (TPSA) is 86.1 Å². The van der Waals surface area contributed by atoms with Gasteiger partial charge in [-0.3, -0.25) is 9.59 Å². The normalized spacial score (nSPS) is 10.8. The maximum Gasteiger partial charge on any atom is 0.387 e. The summed E-state index contributed by atoms with van der Waals surface area (Å²) in [5, 5.41) is 10.5. The molecule has 7 nitrogen and oxygen atoms in total. The summed E-state index contributed by atoms with van der Waals surface area (Å²) in [6.07, 6.45) is 0. The smallest absolute Gasteiger partial charge is 0.387 e. The number of benzene rings is 2. The van der Waals surface area contributed by atoms with Gasteiger partial charge in [0.2, 0.25) is 0 Å². The first-order valence-electron chi connectivity index (χ1n) is 8.25. The van der Waals surface area contributed by atoms with Crippen molar-refractivity contribution in [3.8, 4) is 11.4 Å². The number of Topliss-reactive ketones (excluding diaryl/α,β-unsaturated/α-hetero) is 1. The van der Waals surface area contributed by atoms with E-state index in [0.717, 1.165) is 0 Å². The molecule has 0 aliphatic heterocycles. The molecule has 0 spiro atoms. The van der Waals surface area contributed by atoms with E-state index in [1.54, 1.807) is 31.2 Å². The second kappa shape index (κ2) is 7.95. The first-order chi connectivity index (χ1) is 13.3. The zero-order chi connectivity index (χ0) is 20.3. The van der Waals surface area contributed by atoms with Crippen LogP contribution >= 0.6 is 0 Å². The molecular weight excluding hydrogens is 370 g/mol. The molecule has 28 heavy (non-hydrogen) atoms. The predicted octanol–water partition coefficient (Wildman–Crippen LogP) is 3.63. The molecule has 9 heteroatoms. The van der Waals surface area contributed by atoms with E-state index in [9.17, 15) is 18.4 Å². The van der Waals surface area contributed by atoms with Crippen LogP contribution in [0.4, 0.5) is 14.5 Å². The minimum Gasteiger partial charge on any atom is -0.435 e. The van der Waals surface area contributed by atoms with Crippen molar-refractivity contribution in [2.24, 2.45) is 0 Å². The third-order valence-corrected chi connectivity index (χ3v) is 3.94. The number of hydrogen-bond donors (Lipinski definition) is 1. The van der Waals surface area contributed by atoms with Gasteiger partial charge in [0.1, 0.15) is 5.75 Å². The predicted molar refractivity (Wildman–Crippen MR) is 97.1 cm³/mol. The second-order valence-corrected chi connectivity index (χ2v) is 5.90. The molecule has 0 atom stereocenters. The molecule has 2 aromatic carbocycles. The van der Waals surface area contributed by atoms with Crippen molar-refractivity contribution in [2.75, 3.05) is 5.32 Å². The van der Waals surface area contributed by atoms with Crippen molar-refractivity contribution in [1.29, 1.82) is 0 Å². The number of rotatable bonds is 6. The molecule has 144 valence electrons. The molecule has 1 amide bonds. The number of amides is 1. The molecule has 1 heterocycles. The van der Waals surface area contributed by atoms with Crippen molar-refractivity contribution in [3.05, 3.63) is 65.5 Å². The number of anilines is 1. The Kier molecular flexibility index (Phi) is 5.44. The number of nitrogens with zero attached hydrogens (tertiary/aromatic N) is 3. The van der Waals surface area contributed by atoms with E-state index in [0.29, 0.717) is 22.6 Å². The lowest BCUT2D eigenvalue weighted by atomic mass is 10.1. The number of alkyl halides is 2. The Balaban J connectivity index is 1.79. The van der Waals surface area contributed by atoms with E-state index in [1.165, 1.54) is 35.9 Å². The van der Waals surface area contributed by atoms with Gasteiger partial charge in [-0.1, -0.05) is 17.3 Å². The van der Waals surface area contributed by atoms with Crippen LogP contribution in [0.15, 0.2) is 48.5 Å². The molecule has 0 unspecified atom stereocenters. The lowest BCUT2D eigenvalue weighted by molar-refractivity contribution is -0.0498. The van der Waals surface area contributed by atoms with Crippen LogP contribution in [0, 0.1) is 6.92 Å². The summed E-state index contributed by atoms with van der Waals surface area (Å²) in [4.78, 5) is 24.0. The number of hydrogen-bond acceptors (Lipinski definition) is 5. The van der Waals surface area contributed by atoms with Crippen LogP contribution in [-0.4, -0.2) is 33.3 Å². The number of aromatic nitrogens is 3. The summed E-state index contributed by atoms with van der Waals surface area (Å²) in [6.45, 7) is 0.189. The van der Waals surface area contributed by atoms with Crippen molar-refractivity contribution in [3.63, 3.8) is 0 Å². The van der Waals surface area contributed by atoms with Gasteiger partial charge in [0.05, 0.1) is 11.4 Å². The van der Waals surface area contributed by atoms with Crippen LogP contribution in [0.5, 0.6) is 5.75 Å². The molecule has 0 bridgehead atoms. The van der Waals surface area contributed by atoms with Crippen LogP contribution in [0.3, 0.4) is 0 Å². The first-order valence-corrected chi connectivity index (χ1v) is 8.25. The minimum absolute atomic E-state index is 0.0137. The lowest BCUT2D eigenvalue weighted by Gasteiger charge is -2.07. The van der Waals surface area contributed by atoms with Gasteiger partial charge in [0.25, 0.3) is 5.91 Å². The van der Waals surface area contributed by atoms with Gasteiger partial charge in [0, 0.05) is 11.3 Å². The number of carbonyl (C=O) groups excluding carboxylic acids is 2. The average molecular weight is 386 g/mol. The SMILES string of the molecule is CC(=O)c1cccc(NC(=O)c2nnn(-c3ccc(OC(F)F)cc3)c2C)c1. The second-order valence-electron chi connectivity index (χ2n) is 5.90. The summed E-state index contributed by atoms with van der Waals surface area (Å²) >= 11 is 0. The molecule has 0 fully saturated rings. The fourth-order valence-corrected chi connectivity index (χ4v) is 2.56. The Morgan fingerprint density at radius 2 is 1.86 bits per heavy atom. The van der Waals surface area contributed by atoms with E-state index in [-0.39, 0.29) is 17.2 Å². The molecule has 0 aliphatic rings. The molecular formula is C19H16F2N4O3. The van der Waals surface area contributed by atoms with E-state index in [4.69, 9.17) is 0 Å². The zero-order valence-electron chi connectivity index (χ0n) is 15.0. The molecule has 0 saturated carbocycles. The van der Waals surface area contributed by atoms with Gasteiger partial charge in [-0.25, -0.2) is 4.68 Å². The molecule has 1 N–H and O–H groups in total. The standard InChI is InChI=1S/C19H16F2N4O3/c1-11-17(18(27)22-14-5-3-4-13(10-14)12(2)26)23-24-25(11)15-6-8-16(9-7-15)28-19(20)21/h3-10,19H,1-2H3,(H,22,27). The Hall–Kier alpha value is -3.62. The van der Waals surface area contributed by atoms with Gasteiger partial charge < -0.3 is 10.1 Å². The first kappa shape index (κ1) is 19.2. The minimum atomic E-state index is -2.91. The number of halogens is 2. The van der Waals surface area contributed by atoms with Gasteiger partial charge >= 0.3 is 6.61 Å². The van der Waals surface area contributed by atoms with Crippen LogP contribution in [0.1, 0.15) is 33.5 Å². The molecule has 0 aliphatic carbocycles. The van der Waals surface area contributed by atoms with Gasteiger partial charge in [-0.2, -0.15) is 8.78 Å². The van der Waals surface area contributed by atoms with Crippen LogP contribution in [-0.2, 0) is 0 Å². The molecule has 3 rings (SSSR count). The fourth-order valence-electron chi connectivity index (χ4n) is 2.56. The Bertz CT molecular complexity index is 1020. The van der Waals surface area contributed by atoms with E-state index in [1.807, 2.05) is 0 Å². The number of carbonyl (C=O) groups is 2. The molecule has 0 saturated heterocycles. The Morgan fingerprint density at radius 1 is 1.14 bits per heavy atom. The highest BCUT2D eigenvalue weighted by Crippen LogP contribution is 2.19. The van der Waals surface area contributed by atoms with Crippen molar-refractivity contribution in [2.45, 2.75) is 20.5 Å². The highest BCUT2D eigenvalue weighted by atomic mass is 19.3. The zero-order valence-corrected chi connectivity index (χ0v) is 15.0. The van der Waals surface area contributed by atoms with Gasteiger partial charge in [0.15, 0.2) is 11.5 Å². The van der Waals surface area contributed by atoms with Gasteiger partial charge in [-0.05, 0) is 50.2 Å². The van der Waals surface area contributed by atoms with E-state index < -0.39 is 12.5 Å². The van der Waals surface area contributed by atoms with Crippen molar-refractivity contribution in [1.82, 2.24) is 15.0 Å². The molecule has 1 aromatic heterocycles. The maximum absolute atomic E-state index is 12.5. The van der Waals surface area contributed by atoms with Crippen LogP contribution in [0.25, 0.3) is 5.69 Å². The van der Waals surface area contributed by atoms with Crippen LogP contribution < -0.4 is 10.1 Å². The largest absolute Gasteiger partial charge is 0.435 e. The van der Waals surface area contributed by atoms with Gasteiger partial charge in [-0.15, -0.1) is 5.10 Å². The third kappa shape index (κ3) is 4.20. The van der Waals surface area contributed by atoms with E-state index >= 15 is 0 Å². The average Bonchev–Trinajstić information content (AvgIpc) is 3.03. The third-order valence-electron chi connectivity index (χ3n) is 3.94. The summed E-state index contributed by atoms with van der Waals surface area (Å²) < 4.78 is 30.2.